The van der Waals surface area contributed by atoms with E-state index in [9.17, 15) is 4.79 Å². The SMILES string of the molecule is CCOc1ccc(-c2cnc3c(=C4CCCCCN4)c(=O)n(-c4ccccc4)n23)cc1. The number of hydrogen-bond acceptors (Lipinski definition) is 4. The van der Waals surface area contributed by atoms with E-state index in [2.05, 4.69) is 5.32 Å². The molecule has 1 N–H and O–H groups in total. The van der Waals surface area contributed by atoms with E-state index in [0.717, 1.165) is 54.2 Å². The largest absolute Gasteiger partial charge is 0.494 e. The van der Waals surface area contributed by atoms with Gasteiger partial charge in [-0.3, -0.25) is 4.79 Å². The third-order valence-electron chi connectivity index (χ3n) is 5.77. The van der Waals surface area contributed by atoms with Crippen LogP contribution in [0.5, 0.6) is 5.75 Å². The van der Waals surface area contributed by atoms with Gasteiger partial charge >= 0.3 is 0 Å². The average molecular weight is 415 g/mol. The van der Waals surface area contributed by atoms with Crippen molar-refractivity contribution >= 4 is 11.3 Å². The van der Waals surface area contributed by atoms with E-state index in [1.807, 2.05) is 72.2 Å². The van der Waals surface area contributed by atoms with E-state index in [-0.39, 0.29) is 5.56 Å². The topological polar surface area (TPSA) is 60.6 Å². The maximum atomic E-state index is 13.7. The van der Waals surface area contributed by atoms with Crippen molar-refractivity contribution < 1.29 is 4.74 Å². The van der Waals surface area contributed by atoms with Crippen molar-refractivity contribution in [2.45, 2.75) is 32.6 Å². The quantitative estimate of drug-likeness (QED) is 0.555. The van der Waals surface area contributed by atoms with Crippen molar-refractivity contribution in [2.24, 2.45) is 0 Å². The summed E-state index contributed by atoms with van der Waals surface area (Å²) in [7, 11) is 0. The first-order chi connectivity index (χ1) is 15.3. The highest BCUT2D eigenvalue weighted by atomic mass is 16.5. The van der Waals surface area contributed by atoms with Crippen molar-refractivity contribution in [3.05, 3.63) is 76.4 Å². The van der Waals surface area contributed by atoms with E-state index in [4.69, 9.17) is 9.72 Å². The third-order valence-corrected chi connectivity index (χ3v) is 5.77. The molecule has 2 aromatic heterocycles. The number of aromatic nitrogens is 3. The molecule has 158 valence electrons. The number of benzene rings is 2. The van der Waals surface area contributed by atoms with Gasteiger partial charge in [0.1, 0.15) is 11.0 Å². The van der Waals surface area contributed by atoms with Gasteiger partial charge in [-0.1, -0.05) is 24.6 Å². The molecule has 0 amide bonds. The number of nitrogens with zero attached hydrogens (tertiary/aromatic N) is 3. The summed E-state index contributed by atoms with van der Waals surface area (Å²) < 4.78 is 9.27. The Hall–Kier alpha value is -3.54. The summed E-state index contributed by atoms with van der Waals surface area (Å²) in [5.41, 5.74) is 4.35. The van der Waals surface area contributed by atoms with Crippen molar-refractivity contribution in [1.82, 2.24) is 19.5 Å². The first kappa shape index (κ1) is 19.4. The van der Waals surface area contributed by atoms with Crippen LogP contribution in [0, 0.1) is 0 Å². The molecule has 1 fully saturated rings. The van der Waals surface area contributed by atoms with Crippen LogP contribution in [-0.2, 0) is 0 Å². The van der Waals surface area contributed by atoms with Gasteiger partial charge < -0.3 is 10.1 Å². The Bertz CT molecular complexity index is 1290. The second kappa shape index (κ2) is 8.30. The highest BCUT2D eigenvalue weighted by molar-refractivity contribution is 5.66. The number of imidazole rings is 1. The lowest BCUT2D eigenvalue weighted by molar-refractivity contribution is 0.340. The van der Waals surface area contributed by atoms with Crippen LogP contribution in [0.3, 0.4) is 0 Å². The number of rotatable bonds is 4. The van der Waals surface area contributed by atoms with Crippen molar-refractivity contribution in [3.8, 4) is 22.7 Å². The molecule has 0 spiro atoms. The first-order valence-corrected chi connectivity index (χ1v) is 11.0. The molecule has 6 nitrogen and oxygen atoms in total. The minimum Gasteiger partial charge on any atom is -0.494 e. The molecule has 1 saturated heterocycles. The Balaban J connectivity index is 1.79. The van der Waals surface area contributed by atoms with Gasteiger partial charge in [-0.25, -0.2) is 14.2 Å². The van der Waals surface area contributed by atoms with Crippen LogP contribution >= 0.6 is 0 Å². The zero-order chi connectivity index (χ0) is 21.2. The van der Waals surface area contributed by atoms with Crippen molar-refractivity contribution in [3.63, 3.8) is 0 Å². The molecule has 0 unspecified atom stereocenters. The molecule has 1 aliphatic rings. The Morgan fingerprint density at radius 3 is 2.61 bits per heavy atom. The summed E-state index contributed by atoms with van der Waals surface area (Å²) in [6.45, 7) is 3.49. The monoisotopic (exact) mass is 414 g/mol. The predicted octanol–water partition coefficient (Wildman–Crippen LogP) is 3.54. The summed E-state index contributed by atoms with van der Waals surface area (Å²) in [6, 6.07) is 17.7. The minimum atomic E-state index is -0.0362. The molecule has 31 heavy (non-hydrogen) atoms. The summed E-state index contributed by atoms with van der Waals surface area (Å²) >= 11 is 0. The fourth-order valence-electron chi connectivity index (χ4n) is 4.31. The number of nitrogens with one attached hydrogen (secondary N) is 1. The van der Waals surface area contributed by atoms with Crippen LogP contribution in [0.1, 0.15) is 32.6 Å². The number of fused-ring (bicyclic) bond motifs is 1. The van der Waals surface area contributed by atoms with Crippen LogP contribution in [0.15, 0.2) is 65.6 Å². The van der Waals surface area contributed by atoms with E-state index in [1.165, 1.54) is 6.42 Å². The van der Waals surface area contributed by atoms with Gasteiger partial charge in [0.05, 0.1) is 24.2 Å². The van der Waals surface area contributed by atoms with Crippen LogP contribution in [0.4, 0.5) is 0 Å². The zero-order valence-electron chi connectivity index (χ0n) is 17.7. The lowest BCUT2D eigenvalue weighted by Crippen LogP contribution is -2.33. The van der Waals surface area contributed by atoms with Gasteiger partial charge in [-0.05, 0) is 62.6 Å². The van der Waals surface area contributed by atoms with E-state index in [0.29, 0.717) is 17.5 Å². The van der Waals surface area contributed by atoms with Crippen LogP contribution < -0.4 is 20.8 Å². The van der Waals surface area contributed by atoms with Crippen LogP contribution in [0.2, 0.25) is 0 Å². The fraction of sp³-hybridized carbons (Fsp3) is 0.280. The predicted molar refractivity (Wildman–Crippen MR) is 122 cm³/mol. The Labute approximate surface area is 180 Å². The second-order valence-corrected chi connectivity index (χ2v) is 7.78. The van der Waals surface area contributed by atoms with E-state index in [1.54, 1.807) is 4.68 Å². The zero-order valence-corrected chi connectivity index (χ0v) is 17.7. The van der Waals surface area contributed by atoms with Crippen LogP contribution in [0.25, 0.3) is 28.3 Å². The molecule has 4 aromatic rings. The second-order valence-electron chi connectivity index (χ2n) is 7.78. The van der Waals surface area contributed by atoms with Gasteiger partial charge in [-0.15, -0.1) is 0 Å². The molecule has 0 saturated carbocycles. The molecule has 0 bridgehead atoms. The fourth-order valence-corrected chi connectivity index (χ4v) is 4.31. The molecule has 2 aromatic carbocycles. The maximum Gasteiger partial charge on any atom is 0.283 e. The molecule has 5 rings (SSSR count). The third kappa shape index (κ3) is 3.48. The first-order valence-electron chi connectivity index (χ1n) is 11.0. The maximum absolute atomic E-state index is 13.7. The molecule has 6 heteroatoms. The Morgan fingerprint density at radius 1 is 1.03 bits per heavy atom. The number of ether oxygens (including phenoxy) is 1. The van der Waals surface area contributed by atoms with Crippen molar-refractivity contribution in [1.29, 1.82) is 0 Å². The van der Waals surface area contributed by atoms with Gasteiger partial charge in [0.15, 0.2) is 5.65 Å². The van der Waals surface area contributed by atoms with Gasteiger partial charge in [0.25, 0.3) is 5.56 Å². The smallest absolute Gasteiger partial charge is 0.283 e. The minimum absolute atomic E-state index is 0.0362. The molecule has 0 aliphatic carbocycles. The molecule has 3 heterocycles. The lowest BCUT2D eigenvalue weighted by atomic mass is 10.1. The number of para-hydroxylation sites is 1. The standard InChI is InChI=1S/C25H26N4O2/c1-2-31-20-14-12-18(13-15-20)22-17-27-24-23(21-11-7-4-8-16-26-21)25(30)28(29(22)24)19-9-5-3-6-10-19/h3,5-6,9-10,12-15,17,26H,2,4,7-8,11,16H2,1H3. The van der Waals surface area contributed by atoms with Gasteiger partial charge in [0, 0.05) is 17.8 Å². The molecule has 1 aliphatic heterocycles. The summed E-state index contributed by atoms with van der Waals surface area (Å²) in [4.78, 5) is 18.4. The highest BCUT2D eigenvalue weighted by Gasteiger charge is 2.20. The lowest BCUT2D eigenvalue weighted by Gasteiger charge is -2.08. The number of hydrogen-bond donors (Lipinski definition) is 1. The Morgan fingerprint density at radius 2 is 1.84 bits per heavy atom. The normalized spacial score (nSPS) is 16.2. The molecule has 0 atom stereocenters. The van der Waals surface area contributed by atoms with Crippen molar-refractivity contribution in [2.75, 3.05) is 13.2 Å². The van der Waals surface area contributed by atoms with Gasteiger partial charge in [-0.2, -0.15) is 0 Å². The van der Waals surface area contributed by atoms with Crippen LogP contribution in [-0.4, -0.2) is 27.3 Å². The molecule has 0 radical (unpaired) electrons. The molecular weight excluding hydrogens is 388 g/mol. The van der Waals surface area contributed by atoms with E-state index >= 15 is 0 Å². The average Bonchev–Trinajstić information content (AvgIpc) is 3.20. The Kier molecular flexibility index (Phi) is 5.20. The summed E-state index contributed by atoms with van der Waals surface area (Å²) in [5.74, 6) is 0.828. The summed E-state index contributed by atoms with van der Waals surface area (Å²) in [5, 5.41) is 4.18. The molecular formula is C25H26N4O2. The summed E-state index contributed by atoms with van der Waals surface area (Å²) in [6.07, 6.45) is 6.10. The highest BCUT2D eigenvalue weighted by Crippen LogP contribution is 2.24. The van der Waals surface area contributed by atoms with E-state index < -0.39 is 0 Å². The van der Waals surface area contributed by atoms with Gasteiger partial charge in [0.2, 0.25) is 0 Å².